The van der Waals surface area contributed by atoms with Gasteiger partial charge in [-0.25, -0.2) is 0 Å². The van der Waals surface area contributed by atoms with Crippen LogP contribution in [0, 0.1) is 11.8 Å². The summed E-state index contributed by atoms with van der Waals surface area (Å²) < 4.78 is 0. The first-order chi connectivity index (χ1) is 11.0. The number of carboxylic acid groups (broad SMARTS) is 4. The van der Waals surface area contributed by atoms with Crippen LogP contribution in [0.4, 0.5) is 0 Å². The minimum atomic E-state index is -1.62. The fourth-order valence-electron chi connectivity index (χ4n) is 2.48. The number of allylic oxidation sites excluding steroid dienone is 4. The molecule has 0 unspecified atom stereocenters. The van der Waals surface area contributed by atoms with Crippen molar-refractivity contribution in [3.05, 3.63) is 22.5 Å². The van der Waals surface area contributed by atoms with Gasteiger partial charge in [0.1, 0.15) is 0 Å². The third-order valence-corrected chi connectivity index (χ3v) is 3.96. The monoisotopic (exact) mass is 341 g/mol. The Labute approximate surface area is 137 Å². The van der Waals surface area contributed by atoms with Gasteiger partial charge in [-0.3, -0.25) is 19.2 Å². The smallest absolute Gasteiger partial charge is 0.318 e. The number of hydrogen-bond donors (Lipinski definition) is 5. The van der Waals surface area contributed by atoms with E-state index in [-0.39, 0.29) is 19.3 Å². The largest absolute Gasteiger partial charge is 0.481 e. The lowest BCUT2D eigenvalue weighted by molar-refractivity contribution is -0.156. The van der Waals surface area contributed by atoms with E-state index < -0.39 is 35.7 Å². The van der Waals surface area contributed by atoms with Crippen LogP contribution in [0.3, 0.4) is 0 Å². The second-order valence-corrected chi connectivity index (χ2v) is 5.63. The van der Waals surface area contributed by atoms with E-state index in [0.717, 1.165) is 0 Å². The van der Waals surface area contributed by atoms with Crippen molar-refractivity contribution in [2.75, 3.05) is 0 Å². The highest BCUT2D eigenvalue weighted by atomic mass is 16.4. The summed E-state index contributed by atoms with van der Waals surface area (Å²) in [6.07, 6.45) is -0.352. The van der Waals surface area contributed by atoms with Crippen LogP contribution in [0.2, 0.25) is 0 Å². The van der Waals surface area contributed by atoms with E-state index in [9.17, 15) is 19.2 Å². The molecule has 5 N–H and O–H groups in total. The standard InChI is InChI=1S/C15H19NO8/c1-6-8(4-10(12(17)18)13(19)20)3-9(7(2)16-6)5-11(14(21)22)15(23)24/h10-11,16H,3-5H2,1-2H3,(H,17,18)(H,19,20)(H,21,22)(H,23,24). The molecule has 1 rings (SSSR count). The molecule has 0 amide bonds. The maximum atomic E-state index is 11.0. The number of carbonyl (C=O) groups is 4. The van der Waals surface area contributed by atoms with Crippen molar-refractivity contribution in [3.8, 4) is 0 Å². The molecule has 0 saturated heterocycles. The zero-order valence-corrected chi connectivity index (χ0v) is 13.2. The van der Waals surface area contributed by atoms with Gasteiger partial charge in [-0.15, -0.1) is 0 Å². The van der Waals surface area contributed by atoms with Crippen molar-refractivity contribution in [2.24, 2.45) is 11.8 Å². The average Bonchev–Trinajstić information content (AvgIpc) is 2.43. The number of nitrogens with one attached hydrogen (secondary N) is 1. The van der Waals surface area contributed by atoms with Gasteiger partial charge in [0.05, 0.1) is 0 Å². The molecule has 1 aliphatic rings. The van der Waals surface area contributed by atoms with Crippen molar-refractivity contribution >= 4 is 23.9 Å². The maximum absolute atomic E-state index is 11.0. The normalized spacial score (nSPS) is 14.8. The van der Waals surface area contributed by atoms with Crippen LogP contribution in [-0.2, 0) is 19.2 Å². The van der Waals surface area contributed by atoms with Gasteiger partial charge in [0, 0.05) is 11.4 Å². The molecule has 0 aromatic heterocycles. The Morgan fingerprint density at radius 3 is 1.33 bits per heavy atom. The lowest BCUT2D eigenvalue weighted by Crippen LogP contribution is -2.29. The molecule has 24 heavy (non-hydrogen) atoms. The maximum Gasteiger partial charge on any atom is 0.318 e. The van der Waals surface area contributed by atoms with E-state index >= 15 is 0 Å². The highest BCUT2D eigenvalue weighted by Crippen LogP contribution is 2.31. The molecule has 9 nitrogen and oxygen atoms in total. The van der Waals surface area contributed by atoms with Crippen LogP contribution in [0.1, 0.15) is 33.1 Å². The molecule has 0 spiro atoms. The predicted octanol–water partition coefficient (Wildman–Crippen LogP) is 0.879. The van der Waals surface area contributed by atoms with Gasteiger partial charge in [0.15, 0.2) is 11.8 Å². The van der Waals surface area contributed by atoms with E-state index in [0.29, 0.717) is 22.5 Å². The summed E-state index contributed by atoms with van der Waals surface area (Å²) in [5.74, 6) is -9.11. The second-order valence-electron chi connectivity index (χ2n) is 5.63. The van der Waals surface area contributed by atoms with Crippen LogP contribution < -0.4 is 5.32 Å². The van der Waals surface area contributed by atoms with Crippen LogP contribution >= 0.6 is 0 Å². The van der Waals surface area contributed by atoms with Crippen LogP contribution in [0.5, 0.6) is 0 Å². The first kappa shape index (κ1) is 19.2. The molecule has 1 aliphatic heterocycles. The molecule has 0 radical (unpaired) electrons. The van der Waals surface area contributed by atoms with Crippen molar-refractivity contribution in [1.82, 2.24) is 5.32 Å². The molecule has 9 heteroatoms. The second kappa shape index (κ2) is 7.62. The summed E-state index contributed by atoms with van der Waals surface area (Å²) in [6, 6.07) is 0. The van der Waals surface area contributed by atoms with Crippen LogP contribution in [-0.4, -0.2) is 44.3 Å². The average molecular weight is 341 g/mol. The number of aliphatic carboxylic acids is 4. The van der Waals surface area contributed by atoms with Crippen molar-refractivity contribution in [2.45, 2.75) is 33.1 Å². The first-order valence-corrected chi connectivity index (χ1v) is 7.10. The minimum absolute atomic E-state index is 0.138. The van der Waals surface area contributed by atoms with E-state index in [1.807, 2.05) is 0 Å². The third kappa shape index (κ3) is 4.58. The highest BCUT2D eigenvalue weighted by Gasteiger charge is 2.32. The van der Waals surface area contributed by atoms with Gasteiger partial charge >= 0.3 is 23.9 Å². The zero-order chi connectivity index (χ0) is 18.6. The zero-order valence-electron chi connectivity index (χ0n) is 13.2. The summed E-state index contributed by atoms with van der Waals surface area (Å²) in [4.78, 5) is 44.1. The molecule has 0 aromatic rings. The van der Waals surface area contributed by atoms with Crippen LogP contribution in [0.15, 0.2) is 22.5 Å². The van der Waals surface area contributed by atoms with E-state index in [4.69, 9.17) is 20.4 Å². The Balaban J connectivity index is 2.99. The fraction of sp³-hybridized carbons (Fsp3) is 0.467. The Hall–Kier alpha value is -2.84. The minimum Gasteiger partial charge on any atom is -0.481 e. The first-order valence-electron chi connectivity index (χ1n) is 7.10. The molecule has 0 saturated carbocycles. The Kier molecular flexibility index (Phi) is 6.10. The topological polar surface area (TPSA) is 161 Å². The van der Waals surface area contributed by atoms with E-state index in [1.54, 1.807) is 13.8 Å². The van der Waals surface area contributed by atoms with Crippen molar-refractivity contribution in [1.29, 1.82) is 0 Å². The summed E-state index contributed by atoms with van der Waals surface area (Å²) in [6.45, 7) is 3.31. The molecule has 1 heterocycles. The summed E-state index contributed by atoms with van der Waals surface area (Å²) in [5, 5.41) is 38.8. The Bertz CT molecular complexity index is 564. The Morgan fingerprint density at radius 1 is 0.792 bits per heavy atom. The number of dihydropyridines is 1. The van der Waals surface area contributed by atoms with Gasteiger partial charge in [0.2, 0.25) is 0 Å². The Morgan fingerprint density at radius 2 is 1.08 bits per heavy atom. The number of carboxylic acids is 4. The van der Waals surface area contributed by atoms with Gasteiger partial charge in [-0.2, -0.15) is 0 Å². The van der Waals surface area contributed by atoms with Crippen LogP contribution in [0.25, 0.3) is 0 Å². The van der Waals surface area contributed by atoms with Crippen molar-refractivity contribution in [3.63, 3.8) is 0 Å². The fourth-order valence-corrected chi connectivity index (χ4v) is 2.48. The van der Waals surface area contributed by atoms with Gasteiger partial charge in [-0.1, -0.05) is 0 Å². The van der Waals surface area contributed by atoms with Gasteiger partial charge in [-0.05, 0) is 44.3 Å². The lowest BCUT2D eigenvalue weighted by Gasteiger charge is -2.26. The quantitative estimate of drug-likeness (QED) is 0.403. The molecular weight excluding hydrogens is 322 g/mol. The highest BCUT2D eigenvalue weighted by molar-refractivity contribution is 5.93. The molecule has 132 valence electrons. The molecule has 0 atom stereocenters. The molecule has 0 bridgehead atoms. The summed E-state index contributed by atoms with van der Waals surface area (Å²) >= 11 is 0. The lowest BCUT2D eigenvalue weighted by atomic mass is 9.86. The summed E-state index contributed by atoms with van der Waals surface area (Å²) in [5.41, 5.74) is 2.18. The van der Waals surface area contributed by atoms with Gasteiger partial charge in [0.25, 0.3) is 0 Å². The molecule has 0 fully saturated rings. The predicted molar refractivity (Wildman–Crippen MR) is 79.9 cm³/mol. The molecular formula is C15H19NO8. The SMILES string of the molecule is CC1=C(CC(C(=O)O)C(=O)O)CC(CC(C(=O)O)C(=O)O)=C(C)N1. The van der Waals surface area contributed by atoms with Gasteiger partial charge < -0.3 is 25.7 Å². The van der Waals surface area contributed by atoms with Crippen molar-refractivity contribution < 1.29 is 39.6 Å². The van der Waals surface area contributed by atoms with E-state index in [1.165, 1.54) is 0 Å². The summed E-state index contributed by atoms with van der Waals surface area (Å²) in [7, 11) is 0. The third-order valence-electron chi connectivity index (χ3n) is 3.96. The number of hydrogen-bond acceptors (Lipinski definition) is 5. The molecule has 0 aromatic carbocycles. The van der Waals surface area contributed by atoms with E-state index in [2.05, 4.69) is 5.32 Å². The molecule has 0 aliphatic carbocycles. The number of rotatable bonds is 8.